The molecule has 0 saturated carbocycles. The minimum absolute atomic E-state index is 0.138. The van der Waals surface area contributed by atoms with Gasteiger partial charge in [0.2, 0.25) is 0 Å². The summed E-state index contributed by atoms with van der Waals surface area (Å²) in [5.41, 5.74) is 0.923. The molecule has 0 bridgehead atoms. The van der Waals surface area contributed by atoms with Gasteiger partial charge in [-0.15, -0.1) is 0 Å². The van der Waals surface area contributed by atoms with Crippen molar-refractivity contribution in [3.8, 4) is 0 Å². The second-order valence-corrected chi connectivity index (χ2v) is 3.47. The molecule has 2 N–H and O–H groups in total. The predicted molar refractivity (Wildman–Crippen MR) is 47.3 cm³/mol. The van der Waals surface area contributed by atoms with Crippen LogP contribution < -0.4 is 0 Å². The first-order valence-corrected chi connectivity index (χ1v) is 4.63. The van der Waals surface area contributed by atoms with Gasteiger partial charge in [0.1, 0.15) is 5.82 Å². The van der Waals surface area contributed by atoms with Crippen LogP contribution in [0, 0.1) is 0 Å². The van der Waals surface area contributed by atoms with Crippen LogP contribution in [0.15, 0.2) is 6.20 Å². The highest BCUT2D eigenvalue weighted by Gasteiger charge is 2.17. The van der Waals surface area contributed by atoms with Crippen molar-refractivity contribution < 1.29 is 10.2 Å². The number of aliphatic hydroxyl groups excluding tert-OH is 2. The topological polar surface area (TPSA) is 58.3 Å². The number of hydrogen-bond acceptors (Lipinski definition) is 3. The molecule has 0 fully saturated rings. The molecule has 0 aromatic carbocycles. The van der Waals surface area contributed by atoms with Gasteiger partial charge in [0.05, 0.1) is 11.8 Å². The maximum Gasteiger partial charge on any atom is 0.109 e. The van der Waals surface area contributed by atoms with Crippen molar-refractivity contribution in [3.05, 3.63) is 17.7 Å². The average Bonchev–Trinajstić information content (AvgIpc) is 2.46. The fraction of sp³-hybridized carbons (Fsp3) is 0.667. The van der Waals surface area contributed by atoms with Crippen LogP contribution in [0.25, 0.3) is 0 Å². The monoisotopic (exact) mass is 182 g/mol. The number of nitrogens with zero attached hydrogens (tertiary/aromatic N) is 2. The Morgan fingerprint density at radius 2 is 2.46 bits per heavy atom. The standard InChI is InChI=1S/C9H14N2O2/c12-4-3-7-5-11-6-8(13)1-2-9(11)10-7/h5,8,12-13H,1-4,6H2. The molecule has 1 unspecified atom stereocenters. The Morgan fingerprint density at radius 3 is 3.23 bits per heavy atom. The smallest absolute Gasteiger partial charge is 0.109 e. The van der Waals surface area contributed by atoms with Crippen LogP contribution in [0.1, 0.15) is 17.9 Å². The molecule has 1 aromatic heterocycles. The predicted octanol–water partition coefficient (Wildman–Crippen LogP) is -0.275. The van der Waals surface area contributed by atoms with E-state index in [9.17, 15) is 5.11 Å². The molecule has 2 heterocycles. The molecule has 2 rings (SSSR count). The molecule has 0 radical (unpaired) electrons. The summed E-state index contributed by atoms with van der Waals surface area (Å²) in [4.78, 5) is 4.37. The zero-order valence-electron chi connectivity index (χ0n) is 7.48. The van der Waals surface area contributed by atoms with E-state index in [4.69, 9.17) is 5.11 Å². The zero-order chi connectivity index (χ0) is 9.26. The molecular weight excluding hydrogens is 168 g/mol. The second kappa shape index (κ2) is 3.47. The number of aromatic nitrogens is 2. The van der Waals surface area contributed by atoms with Gasteiger partial charge < -0.3 is 14.8 Å². The van der Waals surface area contributed by atoms with Gasteiger partial charge in [-0.25, -0.2) is 4.98 Å². The van der Waals surface area contributed by atoms with E-state index in [0.29, 0.717) is 13.0 Å². The van der Waals surface area contributed by atoms with Gasteiger partial charge in [-0.1, -0.05) is 0 Å². The number of fused-ring (bicyclic) bond motifs is 1. The Bertz CT molecular complexity index is 296. The third kappa shape index (κ3) is 1.73. The summed E-state index contributed by atoms with van der Waals surface area (Å²) >= 11 is 0. The highest BCUT2D eigenvalue weighted by Crippen LogP contribution is 2.15. The van der Waals surface area contributed by atoms with Gasteiger partial charge in [0, 0.05) is 32.2 Å². The molecule has 1 aliphatic heterocycles. The first kappa shape index (κ1) is 8.72. The average molecular weight is 182 g/mol. The molecule has 0 amide bonds. The van der Waals surface area contributed by atoms with Crippen LogP contribution >= 0.6 is 0 Å². The lowest BCUT2D eigenvalue weighted by molar-refractivity contribution is 0.130. The molecular formula is C9H14N2O2. The molecule has 13 heavy (non-hydrogen) atoms. The fourth-order valence-corrected chi connectivity index (χ4v) is 1.72. The lowest BCUT2D eigenvalue weighted by atomic mass is 10.1. The van der Waals surface area contributed by atoms with E-state index in [-0.39, 0.29) is 12.7 Å². The van der Waals surface area contributed by atoms with E-state index in [1.54, 1.807) is 0 Å². The van der Waals surface area contributed by atoms with E-state index in [1.165, 1.54) is 0 Å². The van der Waals surface area contributed by atoms with Crippen molar-refractivity contribution in [2.45, 2.75) is 31.9 Å². The third-order valence-corrected chi connectivity index (χ3v) is 2.39. The number of hydrogen-bond donors (Lipinski definition) is 2. The zero-order valence-corrected chi connectivity index (χ0v) is 7.48. The summed E-state index contributed by atoms with van der Waals surface area (Å²) in [5, 5.41) is 18.1. The lowest BCUT2D eigenvalue weighted by Gasteiger charge is -2.18. The van der Waals surface area contributed by atoms with Crippen LogP contribution in [-0.2, 0) is 19.4 Å². The molecule has 4 nitrogen and oxygen atoms in total. The van der Waals surface area contributed by atoms with Gasteiger partial charge in [-0.2, -0.15) is 0 Å². The molecule has 72 valence electrons. The largest absolute Gasteiger partial charge is 0.396 e. The minimum atomic E-state index is -0.233. The van der Waals surface area contributed by atoms with E-state index < -0.39 is 0 Å². The van der Waals surface area contributed by atoms with E-state index in [1.807, 2.05) is 10.8 Å². The Balaban J connectivity index is 2.18. The Hall–Kier alpha value is -0.870. The quantitative estimate of drug-likeness (QED) is 0.661. The van der Waals surface area contributed by atoms with Gasteiger partial charge in [0.15, 0.2) is 0 Å². The molecule has 0 saturated heterocycles. The molecule has 0 spiro atoms. The normalized spacial score (nSPS) is 21.5. The maximum absolute atomic E-state index is 9.40. The lowest BCUT2D eigenvalue weighted by Crippen LogP contribution is -2.23. The number of rotatable bonds is 2. The van der Waals surface area contributed by atoms with E-state index in [2.05, 4.69) is 4.98 Å². The van der Waals surface area contributed by atoms with Crippen molar-refractivity contribution in [1.29, 1.82) is 0 Å². The summed E-state index contributed by atoms with van der Waals surface area (Å²) < 4.78 is 1.99. The number of imidazole rings is 1. The summed E-state index contributed by atoms with van der Waals surface area (Å²) in [6.45, 7) is 0.784. The Morgan fingerprint density at radius 1 is 1.62 bits per heavy atom. The maximum atomic E-state index is 9.40. The van der Waals surface area contributed by atoms with E-state index >= 15 is 0 Å². The Labute approximate surface area is 76.8 Å². The Kier molecular flexibility index (Phi) is 2.33. The van der Waals surface area contributed by atoms with Crippen LogP contribution in [-0.4, -0.2) is 32.5 Å². The highest BCUT2D eigenvalue weighted by molar-refractivity contribution is 5.07. The third-order valence-electron chi connectivity index (χ3n) is 2.39. The number of aliphatic hydroxyl groups is 2. The SMILES string of the molecule is OCCc1cn2c(n1)CCC(O)C2. The van der Waals surface area contributed by atoms with Crippen LogP contribution in [0.2, 0.25) is 0 Å². The van der Waals surface area contributed by atoms with E-state index in [0.717, 1.165) is 24.4 Å². The van der Waals surface area contributed by atoms with Crippen molar-refractivity contribution in [2.24, 2.45) is 0 Å². The van der Waals surface area contributed by atoms with Gasteiger partial charge >= 0.3 is 0 Å². The molecule has 0 aliphatic carbocycles. The van der Waals surface area contributed by atoms with Crippen LogP contribution in [0.3, 0.4) is 0 Å². The van der Waals surface area contributed by atoms with Crippen molar-refractivity contribution in [2.75, 3.05) is 6.61 Å². The summed E-state index contributed by atoms with van der Waals surface area (Å²) in [5.74, 6) is 1.04. The first-order chi connectivity index (χ1) is 6.29. The van der Waals surface area contributed by atoms with Gasteiger partial charge in [-0.3, -0.25) is 0 Å². The van der Waals surface area contributed by atoms with Crippen molar-refractivity contribution >= 4 is 0 Å². The second-order valence-electron chi connectivity index (χ2n) is 3.47. The van der Waals surface area contributed by atoms with Crippen molar-refractivity contribution in [3.63, 3.8) is 0 Å². The van der Waals surface area contributed by atoms with Crippen LogP contribution in [0.4, 0.5) is 0 Å². The highest BCUT2D eigenvalue weighted by atomic mass is 16.3. The molecule has 1 aromatic rings. The molecule has 1 aliphatic rings. The van der Waals surface area contributed by atoms with Gasteiger partial charge in [0.25, 0.3) is 0 Å². The first-order valence-electron chi connectivity index (χ1n) is 4.63. The van der Waals surface area contributed by atoms with Gasteiger partial charge in [-0.05, 0) is 6.42 Å². The molecule has 1 atom stereocenters. The fourth-order valence-electron chi connectivity index (χ4n) is 1.72. The molecule has 4 heteroatoms. The summed E-state index contributed by atoms with van der Waals surface area (Å²) in [7, 11) is 0. The summed E-state index contributed by atoms with van der Waals surface area (Å²) in [6.07, 6.45) is 3.94. The number of aryl methyl sites for hydroxylation is 1. The van der Waals surface area contributed by atoms with Crippen LogP contribution in [0.5, 0.6) is 0 Å². The summed E-state index contributed by atoms with van der Waals surface area (Å²) in [6, 6.07) is 0. The van der Waals surface area contributed by atoms with Crippen molar-refractivity contribution in [1.82, 2.24) is 9.55 Å². The minimum Gasteiger partial charge on any atom is -0.396 e.